The maximum absolute atomic E-state index is 9.55. The predicted octanol–water partition coefficient (Wildman–Crippen LogP) is 0.00180. The monoisotopic (exact) mass is 147 g/mol. The van der Waals surface area contributed by atoms with Crippen molar-refractivity contribution in [3.63, 3.8) is 0 Å². The van der Waals surface area contributed by atoms with E-state index in [0.717, 1.165) is 5.06 Å². The van der Waals surface area contributed by atoms with Gasteiger partial charge in [-0.1, -0.05) is 0 Å². The Morgan fingerprint density at radius 3 is 2.12 bits per heavy atom. The molecule has 4 nitrogen and oxygen atoms in total. The van der Waals surface area contributed by atoms with Crippen molar-refractivity contribution in [1.82, 2.24) is 5.06 Å². The van der Waals surface area contributed by atoms with Crippen LogP contribution in [-0.4, -0.2) is 68.2 Å². The molecule has 0 amide bonds. The third kappa shape index (κ3) is 9.70. The van der Waals surface area contributed by atoms with Gasteiger partial charge in [0.1, 0.15) is 0 Å². The molecular formula is C3H9CaNO3. The molecule has 0 rings (SSSR count). The summed E-state index contributed by atoms with van der Waals surface area (Å²) in [6, 6.07) is 0. The van der Waals surface area contributed by atoms with Gasteiger partial charge in [0.15, 0.2) is 0 Å². The minimum Gasteiger partial charge on any atom is -1.00 e. The van der Waals surface area contributed by atoms with Crippen molar-refractivity contribution in [3.8, 4) is 0 Å². The quantitative estimate of drug-likeness (QED) is 0.419. The van der Waals surface area contributed by atoms with Crippen LogP contribution in [0.25, 0.3) is 0 Å². The van der Waals surface area contributed by atoms with Gasteiger partial charge in [-0.05, 0) is 0 Å². The van der Waals surface area contributed by atoms with Crippen molar-refractivity contribution < 1.29 is 17.6 Å². The molecule has 0 fully saturated rings. The minimum atomic E-state index is -1.29. The summed E-state index contributed by atoms with van der Waals surface area (Å²) in [6.07, 6.45) is -1.29. The summed E-state index contributed by atoms with van der Waals surface area (Å²) in [5, 5.41) is 8.92. The number of rotatable bonds is 1. The second-order valence-electron chi connectivity index (χ2n) is 1.17. The second kappa shape index (κ2) is 5.62. The van der Waals surface area contributed by atoms with E-state index in [-0.39, 0.29) is 40.6 Å². The standard InChI is InChI=1S/C3H7NO3.Ca.2H/c1-4(2)7-3(5)6;;;/h1-2H3,(H,5,6);;;/q;+2;2*-1. The van der Waals surface area contributed by atoms with E-state index in [1.54, 1.807) is 0 Å². The van der Waals surface area contributed by atoms with Crippen molar-refractivity contribution >= 4 is 43.9 Å². The SMILES string of the molecule is CN(C)OC(=O)O.[Ca+2].[H-].[H-]. The normalized spacial score (nSPS) is 7.88. The zero-order chi connectivity index (χ0) is 5.86. The number of nitrogens with zero attached hydrogens (tertiary/aromatic N) is 1. The molecule has 0 aliphatic carbocycles. The van der Waals surface area contributed by atoms with Gasteiger partial charge in [-0.2, -0.15) is 0 Å². The van der Waals surface area contributed by atoms with Gasteiger partial charge >= 0.3 is 43.9 Å². The number of carbonyl (C=O) groups is 1. The molecule has 0 spiro atoms. The average Bonchev–Trinajstić information content (AvgIpc) is 1.27. The maximum atomic E-state index is 9.55. The molecule has 0 radical (unpaired) electrons. The summed E-state index contributed by atoms with van der Waals surface area (Å²) in [5.41, 5.74) is 0. The van der Waals surface area contributed by atoms with Gasteiger partial charge < -0.3 is 12.8 Å². The van der Waals surface area contributed by atoms with Crippen LogP contribution in [0.5, 0.6) is 0 Å². The Labute approximate surface area is 80.3 Å². The van der Waals surface area contributed by atoms with Gasteiger partial charge in [0, 0.05) is 14.1 Å². The first-order chi connectivity index (χ1) is 3.13. The predicted molar refractivity (Wildman–Crippen MR) is 30.8 cm³/mol. The molecule has 0 aliphatic rings. The second-order valence-corrected chi connectivity index (χ2v) is 1.17. The van der Waals surface area contributed by atoms with Crippen molar-refractivity contribution in [2.45, 2.75) is 0 Å². The fourth-order valence-electron chi connectivity index (χ4n) is 0.156. The zero-order valence-corrected chi connectivity index (χ0v) is 7.13. The van der Waals surface area contributed by atoms with Crippen LogP contribution >= 0.6 is 0 Å². The Hall–Kier alpha value is 0.490. The van der Waals surface area contributed by atoms with Gasteiger partial charge in [-0.15, -0.1) is 5.06 Å². The smallest absolute Gasteiger partial charge is 1.00 e. The first kappa shape index (κ1) is 11.3. The molecule has 0 aromatic rings. The first-order valence-electron chi connectivity index (χ1n) is 1.71. The van der Waals surface area contributed by atoms with E-state index in [0.29, 0.717) is 0 Å². The minimum absolute atomic E-state index is 0. The van der Waals surface area contributed by atoms with Gasteiger partial charge in [0.05, 0.1) is 0 Å². The Bertz CT molecular complexity index is 82.1. The molecular weight excluding hydrogens is 138 g/mol. The fraction of sp³-hybridized carbons (Fsp3) is 0.667. The van der Waals surface area contributed by atoms with Crippen LogP contribution in [0.4, 0.5) is 4.79 Å². The molecule has 0 saturated heterocycles. The largest absolute Gasteiger partial charge is 2.00 e. The van der Waals surface area contributed by atoms with Crippen LogP contribution in [-0.2, 0) is 4.84 Å². The van der Waals surface area contributed by atoms with E-state index in [1.807, 2.05) is 0 Å². The van der Waals surface area contributed by atoms with E-state index in [2.05, 4.69) is 4.84 Å². The van der Waals surface area contributed by atoms with Crippen LogP contribution in [0, 0.1) is 0 Å². The van der Waals surface area contributed by atoms with Crippen LogP contribution in [0.15, 0.2) is 0 Å². The number of hydrogen-bond acceptors (Lipinski definition) is 3. The van der Waals surface area contributed by atoms with Gasteiger partial charge in [0.2, 0.25) is 0 Å². The van der Waals surface area contributed by atoms with E-state index in [4.69, 9.17) is 5.11 Å². The van der Waals surface area contributed by atoms with E-state index < -0.39 is 6.16 Å². The summed E-state index contributed by atoms with van der Waals surface area (Å²) < 4.78 is 0. The molecule has 0 atom stereocenters. The molecule has 5 heteroatoms. The molecule has 0 bridgehead atoms. The van der Waals surface area contributed by atoms with E-state index >= 15 is 0 Å². The maximum Gasteiger partial charge on any atom is 2.00 e. The summed E-state index contributed by atoms with van der Waals surface area (Å²) in [6.45, 7) is 0. The molecule has 0 unspecified atom stereocenters. The average molecular weight is 147 g/mol. The Morgan fingerprint density at radius 1 is 1.75 bits per heavy atom. The summed E-state index contributed by atoms with van der Waals surface area (Å²) in [7, 11) is 2.99. The van der Waals surface area contributed by atoms with E-state index in [1.165, 1.54) is 14.1 Å². The van der Waals surface area contributed by atoms with Crippen LogP contribution in [0.1, 0.15) is 2.85 Å². The van der Waals surface area contributed by atoms with Crippen LogP contribution < -0.4 is 0 Å². The molecule has 0 saturated carbocycles. The van der Waals surface area contributed by atoms with Crippen molar-refractivity contribution in [1.29, 1.82) is 0 Å². The van der Waals surface area contributed by atoms with Crippen molar-refractivity contribution in [2.75, 3.05) is 14.1 Å². The Balaban J connectivity index is -0.0000000600. The molecule has 1 N–H and O–H groups in total. The number of hydroxylamine groups is 2. The zero-order valence-electron chi connectivity index (χ0n) is 6.92. The molecule has 0 aromatic carbocycles. The van der Waals surface area contributed by atoms with Crippen LogP contribution in [0.3, 0.4) is 0 Å². The Morgan fingerprint density at radius 2 is 2.12 bits per heavy atom. The molecule has 46 valence electrons. The summed E-state index contributed by atoms with van der Waals surface area (Å²) in [5.74, 6) is 0. The third-order valence-corrected chi connectivity index (χ3v) is 0.261. The molecule has 0 heterocycles. The molecule has 8 heavy (non-hydrogen) atoms. The molecule has 0 aliphatic heterocycles. The first-order valence-corrected chi connectivity index (χ1v) is 1.71. The summed E-state index contributed by atoms with van der Waals surface area (Å²) in [4.78, 5) is 13.5. The Kier molecular flexibility index (Phi) is 7.95. The fourth-order valence-corrected chi connectivity index (χ4v) is 0.156. The number of hydrogen-bond donors (Lipinski definition) is 1. The van der Waals surface area contributed by atoms with Crippen molar-refractivity contribution in [3.05, 3.63) is 0 Å². The van der Waals surface area contributed by atoms with Gasteiger partial charge in [0.25, 0.3) is 0 Å². The summed E-state index contributed by atoms with van der Waals surface area (Å²) >= 11 is 0. The van der Waals surface area contributed by atoms with Crippen LogP contribution in [0.2, 0.25) is 0 Å². The van der Waals surface area contributed by atoms with Gasteiger partial charge in [-0.25, -0.2) is 4.79 Å². The van der Waals surface area contributed by atoms with Gasteiger partial charge in [-0.3, -0.25) is 0 Å². The molecule has 0 aromatic heterocycles. The van der Waals surface area contributed by atoms with Crippen molar-refractivity contribution in [2.24, 2.45) is 0 Å². The topological polar surface area (TPSA) is 49.8 Å². The van der Waals surface area contributed by atoms with E-state index in [9.17, 15) is 4.79 Å². The number of carboxylic acid groups (broad SMARTS) is 1. The third-order valence-electron chi connectivity index (χ3n) is 0.261.